The van der Waals surface area contributed by atoms with E-state index in [-0.39, 0.29) is 11.4 Å². The van der Waals surface area contributed by atoms with Crippen molar-refractivity contribution in [2.24, 2.45) is 0 Å². The van der Waals surface area contributed by atoms with E-state index < -0.39 is 18.5 Å². The lowest BCUT2D eigenvalue weighted by Gasteiger charge is -2.09. The summed E-state index contributed by atoms with van der Waals surface area (Å²) < 4.78 is 15.4. The van der Waals surface area contributed by atoms with Crippen LogP contribution in [-0.2, 0) is 9.53 Å². The first kappa shape index (κ1) is 20.5. The van der Waals surface area contributed by atoms with Gasteiger partial charge in [0.05, 0.1) is 7.11 Å². The third-order valence-electron chi connectivity index (χ3n) is 4.08. The highest BCUT2D eigenvalue weighted by Gasteiger charge is 2.17. The second-order valence-corrected chi connectivity index (χ2v) is 7.01. The molecule has 0 saturated heterocycles. The highest BCUT2D eigenvalue weighted by Crippen LogP contribution is 2.26. The minimum absolute atomic E-state index is 0.170. The molecular weight excluding hydrogens is 392 g/mol. The average molecular weight is 412 g/mol. The van der Waals surface area contributed by atoms with Crippen LogP contribution in [0.25, 0.3) is 11.3 Å². The van der Waals surface area contributed by atoms with Crippen molar-refractivity contribution in [1.82, 2.24) is 5.16 Å². The molecule has 0 aliphatic heterocycles. The number of amides is 1. The normalized spacial score (nSPS) is 10.4. The number of nitrogens with one attached hydrogen (secondary N) is 1. The van der Waals surface area contributed by atoms with E-state index in [1.807, 2.05) is 37.4 Å². The maximum Gasteiger partial charge on any atom is 0.342 e. The van der Waals surface area contributed by atoms with Crippen LogP contribution < -0.4 is 10.1 Å². The number of carbonyl (C=O) groups is 2. The molecule has 1 N–H and O–H groups in total. The number of aromatic nitrogens is 1. The van der Waals surface area contributed by atoms with Crippen molar-refractivity contribution < 1.29 is 23.6 Å². The number of ether oxygens (including phenoxy) is 2. The van der Waals surface area contributed by atoms with Crippen LogP contribution in [0.4, 0.5) is 5.88 Å². The monoisotopic (exact) mass is 412 g/mol. The fraction of sp³-hybridized carbons (Fsp3) is 0.190. The number of aryl methyl sites for hydroxylation is 1. The molecule has 0 spiro atoms. The molecule has 0 aliphatic carbocycles. The second-order valence-electron chi connectivity index (χ2n) is 6.13. The van der Waals surface area contributed by atoms with E-state index in [9.17, 15) is 9.59 Å². The van der Waals surface area contributed by atoms with Gasteiger partial charge in [0.2, 0.25) is 5.88 Å². The van der Waals surface area contributed by atoms with Crippen LogP contribution in [0.15, 0.2) is 57.9 Å². The largest absolute Gasteiger partial charge is 0.496 e. The summed E-state index contributed by atoms with van der Waals surface area (Å²) in [5, 5.41) is 6.45. The average Bonchev–Trinajstić information content (AvgIpc) is 3.20. The van der Waals surface area contributed by atoms with Crippen LogP contribution in [0.5, 0.6) is 5.75 Å². The third kappa shape index (κ3) is 5.17. The molecule has 0 atom stereocenters. The Labute approximate surface area is 172 Å². The van der Waals surface area contributed by atoms with Crippen LogP contribution >= 0.6 is 11.8 Å². The van der Waals surface area contributed by atoms with Crippen LogP contribution in [0, 0.1) is 6.92 Å². The quantitative estimate of drug-likeness (QED) is 0.460. The summed E-state index contributed by atoms with van der Waals surface area (Å²) in [7, 11) is 1.47. The molecule has 0 radical (unpaired) electrons. The SMILES string of the molecule is COc1cc(SC)ccc1C(=O)OCC(=O)Nc1cc(-c2ccc(C)cc2)no1. The standard InChI is InChI=1S/C21H20N2O5S/c1-13-4-6-14(7-5-13)17-11-20(28-23-17)22-19(24)12-27-21(25)16-9-8-15(29-3)10-18(16)26-2/h4-11H,12H2,1-3H3,(H,22,24). The molecule has 3 rings (SSSR count). The minimum atomic E-state index is -0.650. The van der Waals surface area contributed by atoms with Crippen LogP contribution in [0.1, 0.15) is 15.9 Å². The van der Waals surface area contributed by atoms with E-state index in [1.165, 1.54) is 18.9 Å². The summed E-state index contributed by atoms with van der Waals surface area (Å²) in [5.41, 5.74) is 2.84. The molecule has 29 heavy (non-hydrogen) atoms. The zero-order chi connectivity index (χ0) is 20.8. The maximum atomic E-state index is 12.3. The van der Waals surface area contributed by atoms with Crippen LogP contribution in [-0.4, -0.2) is 37.0 Å². The second kappa shape index (κ2) is 9.29. The van der Waals surface area contributed by atoms with Gasteiger partial charge >= 0.3 is 5.97 Å². The smallest absolute Gasteiger partial charge is 0.342 e. The highest BCUT2D eigenvalue weighted by molar-refractivity contribution is 7.98. The molecule has 0 fully saturated rings. The van der Waals surface area contributed by atoms with E-state index in [0.29, 0.717) is 11.4 Å². The van der Waals surface area contributed by atoms with Gasteiger partial charge < -0.3 is 14.0 Å². The number of benzene rings is 2. The summed E-state index contributed by atoms with van der Waals surface area (Å²) in [6, 6.07) is 14.5. The Kier molecular flexibility index (Phi) is 6.56. The van der Waals surface area contributed by atoms with Gasteiger partial charge in [-0.1, -0.05) is 35.0 Å². The molecule has 150 valence electrons. The number of nitrogens with zero attached hydrogens (tertiary/aromatic N) is 1. The zero-order valence-corrected chi connectivity index (χ0v) is 17.0. The summed E-state index contributed by atoms with van der Waals surface area (Å²) in [6.07, 6.45) is 1.92. The molecule has 0 saturated carbocycles. The van der Waals surface area contributed by atoms with Crippen molar-refractivity contribution in [1.29, 1.82) is 0 Å². The lowest BCUT2D eigenvalue weighted by Crippen LogP contribution is -2.21. The van der Waals surface area contributed by atoms with E-state index in [1.54, 1.807) is 24.3 Å². The number of methoxy groups -OCH3 is 1. The highest BCUT2D eigenvalue weighted by atomic mass is 32.2. The number of esters is 1. The predicted molar refractivity (Wildman–Crippen MR) is 110 cm³/mol. The van der Waals surface area contributed by atoms with Crippen molar-refractivity contribution >= 4 is 29.5 Å². The van der Waals surface area contributed by atoms with Gasteiger partial charge in [-0.25, -0.2) is 4.79 Å². The maximum absolute atomic E-state index is 12.3. The van der Waals surface area contributed by atoms with Gasteiger partial charge in [0, 0.05) is 16.5 Å². The van der Waals surface area contributed by atoms with Gasteiger partial charge in [0.1, 0.15) is 17.0 Å². The lowest BCUT2D eigenvalue weighted by atomic mass is 10.1. The molecular formula is C21H20N2O5S. The van der Waals surface area contributed by atoms with Gasteiger partial charge in [-0.2, -0.15) is 0 Å². The Balaban J connectivity index is 1.58. The number of hydrogen-bond acceptors (Lipinski definition) is 7. The van der Waals surface area contributed by atoms with Gasteiger partial charge in [0.25, 0.3) is 5.91 Å². The number of anilines is 1. The van der Waals surface area contributed by atoms with Crippen molar-refractivity contribution in [2.75, 3.05) is 25.3 Å². The van der Waals surface area contributed by atoms with Crippen molar-refractivity contribution in [3.05, 3.63) is 59.7 Å². The Hall–Kier alpha value is -3.26. The number of rotatable bonds is 7. The first-order valence-corrected chi connectivity index (χ1v) is 9.95. The molecule has 1 aromatic heterocycles. The van der Waals surface area contributed by atoms with Crippen LogP contribution in [0.3, 0.4) is 0 Å². The molecule has 0 bridgehead atoms. The van der Waals surface area contributed by atoms with Gasteiger partial charge in [-0.05, 0) is 31.4 Å². The van der Waals surface area contributed by atoms with E-state index in [0.717, 1.165) is 16.0 Å². The zero-order valence-electron chi connectivity index (χ0n) is 16.2. The number of thioether (sulfide) groups is 1. The van der Waals surface area contributed by atoms with Gasteiger partial charge in [-0.3, -0.25) is 10.1 Å². The minimum Gasteiger partial charge on any atom is -0.496 e. The summed E-state index contributed by atoms with van der Waals surface area (Å²) >= 11 is 1.53. The Morgan fingerprint density at radius 3 is 2.59 bits per heavy atom. The van der Waals surface area contributed by atoms with E-state index in [2.05, 4.69) is 10.5 Å². The predicted octanol–water partition coefficient (Wildman–Crippen LogP) is 4.18. The molecule has 1 amide bonds. The summed E-state index contributed by atoms with van der Waals surface area (Å²) in [4.78, 5) is 25.3. The Bertz CT molecular complexity index is 1010. The molecule has 0 unspecified atom stereocenters. The molecule has 2 aromatic carbocycles. The molecule has 3 aromatic rings. The van der Waals surface area contributed by atoms with E-state index >= 15 is 0 Å². The van der Waals surface area contributed by atoms with Crippen molar-refractivity contribution in [3.8, 4) is 17.0 Å². The molecule has 1 heterocycles. The van der Waals surface area contributed by atoms with Gasteiger partial charge in [-0.15, -0.1) is 11.8 Å². The first-order chi connectivity index (χ1) is 14.0. The van der Waals surface area contributed by atoms with Gasteiger partial charge in [0.15, 0.2) is 6.61 Å². The molecule has 8 heteroatoms. The molecule has 0 aliphatic rings. The Morgan fingerprint density at radius 2 is 1.90 bits per heavy atom. The Morgan fingerprint density at radius 1 is 1.14 bits per heavy atom. The number of hydrogen-bond donors (Lipinski definition) is 1. The third-order valence-corrected chi connectivity index (χ3v) is 4.81. The van der Waals surface area contributed by atoms with Crippen LogP contribution in [0.2, 0.25) is 0 Å². The first-order valence-electron chi connectivity index (χ1n) is 8.73. The fourth-order valence-corrected chi connectivity index (χ4v) is 2.97. The lowest BCUT2D eigenvalue weighted by molar-refractivity contribution is -0.119. The van der Waals surface area contributed by atoms with Crippen molar-refractivity contribution in [2.45, 2.75) is 11.8 Å². The topological polar surface area (TPSA) is 90.7 Å². The number of carbonyl (C=O) groups excluding carboxylic acids is 2. The summed E-state index contributed by atoms with van der Waals surface area (Å²) in [5.74, 6) is -0.629. The molecule has 7 nitrogen and oxygen atoms in total. The summed E-state index contributed by atoms with van der Waals surface area (Å²) in [6.45, 7) is 1.53. The fourth-order valence-electron chi connectivity index (χ4n) is 2.54. The van der Waals surface area contributed by atoms with Crippen molar-refractivity contribution in [3.63, 3.8) is 0 Å². The van der Waals surface area contributed by atoms with E-state index in [4.69, 9.17) is 14.0 Å².